The van der Waals surface area contributed by atoms with Crippen LogP contribution in [0.25, 0.3) is 15.9 Å². The van der Waals surface area contributed by atoms with E-state index in [9.17, 15) is 4.79 Å². The Labute approximate surface area is 158 Å². The predicted octanol–water partition coefficient (Wildman–Crippen LogP) is 4.80. The number of thiazole rings is 1. The van der Waals surface area contributed by atoms with E-state index >= 15 is 0 Å². The van der Waals surface area contributed by atoms with Crippen molar-refractivity contribution in [3.8, 4) is 5.69 Å². The van der Waals surface area contributed by atoms with Gasteiger partial charge in [0.25, 0.3) is 5.56 Å². The summed E-state index contributed by atoms with van der Waals surface area (Å²) in [4.78, 5) is 21.6. The predicted molar refractivity (Wildman–Crippen MR) is 108 cm³/mol. The van der Waals surface area contributed by atoms with Gasteiger partial charge in [-0.05, 0) is 55.8 Å². The van der Waals surface area contributed by atoms with Crippen molar-refractivity contribution in [1.29, 1.82) is 0 Å². The van der Waals surface area contributed by atoms with Crippen LogP contribution in [0.5, 0.6) is 0 Å². The van der Waals surface area contributed by atoms with Crippen LogP contribution >= 0.6 is 22.9 Å². The number of aryl methyl sites for hydroxylation is 2. The van der Waals surface area contributed by atoms with E-state index in [1.54, 1.807) is 30.5 Å². The van der Waals surface area contributed by atoms with Gasteiger partial charge in [-0.15, -0.1) is 0 Å². The van der Waals surface area contributed by atoms with Crippen molar-refractivity contribution < 1.29 is 0 Å². The van der Waals surface area contributed by atoms with Crippen LogP contribution < -0.4 is 5.56 Å². The highest BCUT2D eigenvalue weighted by molar-refractivity contribution is 7.22. The summed E-state index contributed by atoms with van der Waals surface area (Å²) in [6.45, 7) is 3.89. The molecule has 0 unspecified atom stereocenters. The fourth-order valence-electron chi connectivity index (χ4n) is 2.68. The number of aromatic amines is 1. The summed E-state index contributed by atoms with van der Waals surface area (Å²) in [6.07, 6.45) is 1.57. The molecule has 0 fully saturated rings. The summed E-state index contributed by atoms with van der Waals surface area (Å²) in [5, 5.41) is 4.32. The Morgan fingerprint density at radius 2 is 1.96 bits per heavy atom. The van der Waals surface area contributed by atoms with E-state index in [1.165, 1.54) is 21.6 Å². The van der Waals surface area contributed by atoms with Gasteiger partial charge in [0.05, 0.1) is 21.5 Å². The number of hydrogen-bond acceptors (Lipinski definition) is 4. The second-order valence-electron chi connectivity index (χ2n) is 5.99. The molecule has 1 N–H and O–H groups in total. The molecule has 26 heavy (non-hydrogen) atoms. The average molecular weight is 383 g/mol. The van der Waals surface area contributed by atoms with E-state index in [0.717, 1.165) is 21.6 Å². The molecule has 0 aliphatic carbocycles. The molecule has 5 nitrogen and oxygen atoms in total. The second-order valence-corrected chi connectivity index (χ2v) is 7.44. The molecule has 0 radical (unpaired) electrons. The zero-order chi connectivity index (χ0) is 18.3. The van der Waals surface area contributed by atoms with Crippen LogP contribution in [-0.4, -0.2) is 21.0 Å². The van der Waals surface area contributed by atoms with Gasteiger partial charge in [-0.1, -0.05) is 29.0 Å². The zero-order valence-electron chi connectivity index (χ0n) is 14.2. The first-order valence-corrected chi connectivity index (χ1v) is 9.19. The molecule has 0 spiro atoms. The van der Waals surface area contributed by atoms with Crippen molar-refractivity contribution in [2.24, 2.45) is 4.99 Å². The van der Waals surface area contributed by atoms with E-state index in [4.69, 9.17) is 11.6 Å². The minimum Gasteiger partial charge on any atom is -0.295 e. The molecule has 4 rings (SSSR count). The third-order valence-corrected chi connectivity index (χ3v) is 5.22. The highest BCUT2D eigenvalue weighted by Gasteiger charge is 2.11. The highest BCUT2D eigenvalue weighted by atomic mass is 35.5. The molecule has 0 aliphatic rings. The SMILES string of the molecule is Cc1ccc2nc(N=Cc3c(C)[nH]n(-c4ccc(Cl)cc4)c3=O)sc2c1. The lowest BCUT2D eigenvalue weighted by molar-refractivity contribution is 0.835. The lowest BCUT2D eigenvalue weighted by atomic mass is 10.2. The van der Waals surface area contributed by atoms with Crippen LogP contribution in [0, 0.1) is 13.8 Å². The smallest absolute Gasteiger partial charge is 0.280 e. The fraction of sp³-hybridized carbons (Fsp3) is 0.105. The first-order valence-electron chi connectivity index (χ1n) is 8.00. The number of aliphatic imine (C=N–C) groups is 1. The van der Waals surface area contributed by atoms with Crippen LogP contribution in [-0.2, 0) is 0 Å². The van der Waals surface area contributed by atoms with Crippen LogP contribution in [0.1, 0.15) is 16.8 Å². The summed E-state index contributed by atoms with van der Waals surface area (Å²) >= 11 is 7.42. The van der Waals surface area contributed by atoms with Crippen molar-refractivity contribution >= 4 is 44.5 Å². The number of fused-ring (bicyclic) bond motifs is 1. The second kappa shape index (κ2) is 6.55. The minimum atomic E-state index is -0.162. The molecule has 0 saturated heterocycles. The van der Waals surface area contributed by atoms with E-state index in [0.29, 0.717) is 15.7 Å². The van der Waals surface area contributed by atoms with Crippen LogP contribution in [0.2, 0.25) is 5.02 Å². The lowest BCUT2D eigenvalue weighted by Gasteiger charge is -2.00. The van der Waals surface area contributed by atoms with Crippen molar-refractivity contribution in [2.45, 2.75) is 13.8 Å². The maximum absolute atomic E-state index is 12.7. The topological polar surface area (TPSA) is 63.0 Å². The molecule has 2 aromatic carbocycles. The van der Waals surface area contributed by atoms with Crippen LogP contribution in [0.3, 0.4) is 0 Å². The Morgan fingerprint density at radius 3 is 2.73 bits per heavy atom. The monoisotopic (exact) mass is 382 g/mol. The zero-order valence-corrected chi connectivity index (χ0v) is 15.7. The Balaban J connectivity index is 1.70. The summed E-state index contributed by atoms with van der Waals surface area (Å²) in [6, 6.07) is 13.2. The summed E-state index contributed by atoms with van der Waals surface area (Å²) in [7, 11) is 0. The molecule has 4 aromatic rings. The quantitative estimate of drug-likeness (QED) is 0.517. The first-order chi connectivity index (χ1) is 12.5. The van der Waals surface area contributed by atoms with Crippen molar-refractivity contribution in [2.75, 3.05) is 0 Å². The number of hydrogen-bond donors (Lipinski definition) is 1. The third-order valence-electron chi connectivity index (χ3n) is 4.04. The molecule has 0 bridgehead atoms. The van der Waals surface area contributed by atoms with Gasteiger partial charge in [0.2, 0.25) is 5.13 Å². The molecular weight excluding hydrogens is 368 g/mol. The number of H-pyrrole nitrogens is 1. The molecular formula is C19H15ClN4OS. The summed E-state index contributed by atoms with van der Waals surface area (Å²) < 4.78 is 2.57. The van der Waals surface area contributed by atoms with Gasteiger partial charge in [-0.2, -0.15) is 0 Å². The Kier molecular flexibility index (Phi) is 4.22. The summed E-state index contributed by atoms with van der Waals surface area (Å²) in [5.41, 5.74) is 3.91. The van der Waals surface area contributed by atoms with Gasteiger partial charge in [0.15, 0.2) is 0 Å². The molecule has 0 aliphatic heterocycles. The molecule has 2 heterocycles. The van der Waals surface area contributed by atoms with Gasteiger partial charge in [0.1, 0.15) is 0 Å². The normalized spacial score (nSPS) is 11.7. The van der Waals surface area contributed by atoms with Gasteiger partial charge < -0.3 is 0 Å². The molecule has 2 aromatic heterocycles. The molecule has 130 valence electrons. The number of rotatable bonds is 3. The lowest BCUT2D eigenvalue weighted by Crippen LogP contribution is -2.17. The minimum absolute atomic E-state index is 0.162. The fourth-order valence-corrected chi connectivity index (χ4v) is 3.71. The Morgan fingerprint density at radius 1 is 1.19 bits per heavy atom. The maximum atomic E-state index is 12.7. The molecule has 7 heteroatoms. The van der Waals surface area contributed by atoms with Crippen LogP contribution in [0.15, 0.2) is 52.3 Å². The molecule has 0 atom stereocenters. The largest absolute Gasteiger partial charge is 0.295 e. The van der Waals surface area contributed by atoms with E-state index < -0.39 is 0 Å². The van der Waals surface area contributed by atoms with E-state index in [-0.39, 0.29) is 5.56 Å². The van der Waals surface area contributed by atoms with Gasteiger partial charge >= 0.3 is 0 Å². The van der Waals surface area contributed by atoms with Gasteiger partial charge in [0, 0.05) is 16.9 Å². The number of benzene rings is 2. The van der Waals surface area contributed by atoms with Gasteiger partial charge in [-0.3, -0.25) is 9.89 Å². The molecule has 0 amide bonds. The third kappa shape index (κ3) is 3.09. The van der Waals surface area contributed by atoms with E-state index in [1.807, 2.05) is 26.0 Å². The Hall–Kier alpha value is -2.70. The van der Waals surface area contributed by atoms with Gasteiger partial charge in [-0.25, -0.2) is 14.7 Å². The molecule has 0 saturated carbocycles. The first kappa shape index (κ1) is 16.8. The standard InChI is InChI=1S/C19H15ClN4OS/c1-11-3-8-16-17(9-11)26-19(22-16)21-10-15-12(2)23-24(18(15)25)14-6-4-13(20)5-7-14/h3-10,23H,1-2H3. The number of halogens is 1. The number of aromatic nitrogens is 3. The number of nitrogens with zero attached hydrogens (tertiary/aromatic N) is 3. The Bertz CT molecular complexity index is 1180. The van der Waals surface area contributed by atoms with E-state index in [2.05, 4.69) is 21.1 Å². The van der Waals surface area contributed by atoms with Crippen LogP contribution in [0.4, 0.5) is 5.13 Å². The average Bonchev–Trinajstić information content (AvgIpc) is 3.14. The summed E-state index contributed by atoms with van der Waals surface area (Å²) in [5.74, 6) is 0. The highest BCUT2D eigenvalue weighted by Crippen LogP contribution is 2.28. The number of nitrogens with one attached hydrogen (secondary N) is 1. The van der Waals surface area contributed by atoms with Crippen molar-refractivity contribution in [1.82, 2.24) is 14.8 Å². The van der Waals surface area contributed by atoms with Crippen molar-refractivity contribution in [3.63, 3.8) is 0 Å². The maximum Gasteiger partial charge on any atom is 0.280 e. The van der Waals surface area contributed by atoms with Crippen molar-refractivity contribution in [3.05, 3.63) is 74.7 Å².